The minimum atomic E-state index is 0.287. The van der Waals surface area contributed by atoms with Crippen LogP contribution in [0.3, 0.4) is 0 Å². The second kappa shape index (κ2) is 7.92. The van der Waals surface area contributed by atoms with Crippen LogP contribution in [0.1, 0.15) is 30.0 Å². The summed E-state index contributed by atoms with van der Waals surface area (Å²) in [6.45, 7) is 10.6. The fraction of sp³-hybridized carbons (Fsp3) is 0.667. The van der Waals surface area contributed by atoms with Crippen LogP contribution in [0.2, 0.25) is 0 Å². The summed E-state index contributed by atoms with van der Waals surface area (Å²) in [5, 5.41) is 3.70. The molecule has 1 aliphatic rings. The van der Waals surface area contributed by atoms with Crippen molar-refractivity contribution in [1.82, 2.24) is 10.2 Å². The molecule has 0 spiro atoms. The Labute approximate surface area is 129 Å². The van der Waals surface area contributed by atoms with Gasteiger partial charge in [-0.25, -0.2) is 0 Å². The van der Waals surface area contributed by atoms with E-state index in [1.165, 1.54) is 16.7 Å². The van der Waals surface area contributed by atoms with Gasteiger partial charge in [0.15, 0.2) is 0 Å². The van der Waals surface area contributed by atoms with Gasteiger partial charge in [0.2, 0.25) is 0 Å². The van der Waals surface area contributed by atoms with Gasteiger partial charge in [-0.3, -0.25) is 0 Å². The molecule has 0 aromatic heterocycles. The van der Waals surface area contributed by atoms with E-state index < -0.39 is 0 Å². The Hall–Kier alpha value is -0.900. The normalized spacial score (nSPS) is 21.4. The maximum Gasteiger partial charge on any atom is 0.0858 e. The number of likely N-dealkylation sites (N-methyl/N-ethyl adjacent to an activating group) is 1. The average Bonchev–Trinajstić information content (AvgIpc) is 2.47. The molecule has 1 fully saturated rings. The molecule has 0 aliphatic carbocycles. The van der Waals surface area contributed by atoms with Gasteiger partial charge in [-0.05, 0) is 51.4 Å². The number of nitrogens with zero attached hydrogens (tertiary/aromatic N) is 1. The Morgan fingerprint density at radius 3 is 2.90 bits per heavy atom. The second-order valence-corrected chi connectivity index (χ2v) is 6.37. The molecule has 3 heteroatoms. The monoisotopic (exact) mass is 290 g/mol. The van der Waals surface area contributed by atoms with Crippen LogP contribution in [-0.4, -0.2) is 50.3 Å². The second-order valence-electron chi connectivity index (χ2n) is 6.37. The molecule has 0 bridgehead atoms. The van der Waals surface area contributed by atoms with Crippen molar-refractivity contribution < 1.29 is 4.74 Å². The van der Waals surface area contributed by atoms with Crippen LogP contribution in [-0.2, 0) is 11.2 Å². The summed E-state index contributed by atoms with van der Waals surface area (Å²) in [4.78, 5) is 2.37. The van der Waals surface area contributed by atoms with Gasteiger partial charge in [-0.2, -0.15) is 0 Å². The number of aryl methyl sites for hydroxylation is 2. The molecule has 3 nitrogen and oxygen atoms in total. The first-order valence-corrected chi connectivity index (χ1v) is 8.19. The Morgan fingerprint density at radius 2 is 2.19 bits per heavy atom. The molecule has 0 amide bonds. The van der Waals surface area contributed by atoms with E-state index in [-0.39, 0.29) is 6.10 Å². The van der Waals surface area contributed by atoms with Crippen LogP contribution in [0.15, 0.2) is 18.2 Å². The molecule has 118 valence electrons. The molecular weight excluding hydrogens is 260 g/mol. The SMILES string of the molecule is CCCNC(Cc1cc(C)ccc1C)C1CN(C)CCO1. The zero-order valence-electron chi connectivity index (χ0n) is 14.0. The Kier molecular flexibility index (Phi) is 6.22. The zero-order valence-corrected chi connectivity index (χ0v) is 14.0. The van der Waals surface area contributed by atoms with Crippen molar-refractivity contribution >= 4 is 0 Å². The van der Waals surface area contributed by atoms with Gasteiger partial charge in [0.1, 0.15) is 0 Å². The standard InChI is InChI=1S/C18H30N2O/c1-5-8-19-17(18-13-20(4)9-10-21-18)12-16-11-14(2)6-7-15(16)3/h6-7,11,17-19H,5,8-10,12-13H2,1-4H3. The molecule has 2 rings (SSSR count). The summed E-state index contributed by atoms with van der Waals surface area (Å²) in [5.74, 6) is 0. The van der Waals surface area contributed by atoms with Crippen molar-refractivity contribution in [3.05, 3.63) is 34.9 Å². The number of hydrogen-bond donors (Lipinski definition) is 1. The predicted molar refractivity (Wildman–Crippen MR) is 88.9 cm³/mol. The summed E-state index contributed by atoms with van der Waals surface area (Å²) in [7, 11) is 2.18. The molecule has 0 radical (unpaired) electrons. The van der Waals surface area contributed by atoms with Gasteiger partial charge in [0.05, 0.1) is 12.7 Å². The minimum absolute atomic E-state index is 0.287. The molecule has 1 saturated heterocycles. The van der Waals surface area contributed by atoms with Crippen LogP contribution in [0.5, 0.6) is 0 Å². The first-order valence-electron chi connectivity index (χ1n) is 8.19. The highest BCUT2D eigenvalue weighted by Gasteiger charge is 2.26. The largest absolute Gasteiger partial charge is 0.374 e. The Morgan fingerprint density at radius 1 is 1.38 bits per heavy atom. The number of benzene rings is 1. The van der Waals surface area contributed by atoms with E-state index in [0.717, 1.165) is 39.1 Å². The van der Waals surface area contributed by atoms with Gasteiger partial charge in [0, 0.05) is 19.1 Å². The lowest BCUT2D eigenvalue weighted by molar-refractivity contribution is -0.0384. The lowest BCUT2D eigenvalue weighted by atomic mass is 9.95. The summed E-state index contributed by atoms with van der Waals surface area (Å²) in [5.41, 5.74) is 4.17. The third kappa shape index (κ3) is 4.80. The van der Waals surface area contributed by atoms with E-state index in [0.29, 0.717) is 6.04 Å². The van der Waals surface area contributed by atoms with E-state index in [4.69, 9.17) is 4.74 Å². The molecule has 0 saturated carbocycles. The summed E-state index contributed by atoms with van der Waals surface area (Å²) in [6, 6.07) is 7.14. The van der Waals surface area contributed by atoms with Gasteiger partial charge in [-0.15, -0.1) is 0 Å². The summed E-state index contributed by atoms with van der Waals surface area (Å²) in [6.07, 6.45) is 2.49. The molecule has 2 atom stereocenters. The zero-order chi connectivity index (χ0) is 15.2. The number of hydrogen-bond acceptors (Lipinski definition) is 3. The molecule has 1 aromatic rings. The number of morpholine rings is 1. The molecular formula is C18H30N2O. The number of ether oxygens (including phenoxy) is 1. The molecule has 1 aromatic carbocycles. The van der Waals surface area contributed by atoms with Crippen molar-refractivity contribution in [3.63, 3.8) is 0 Å². The molecule has 1 aliphatic heterocycles. The van der Waals surface area contributed by atoms with Crippen molar-refractivity contribution in [2.45, 2.75) is 45.8 Å². The topological polar surface area (TPSA) is 24.5 Å². The van der Waals surface area contributed by atoms with Crippen LogP contribution in [0.25, 0.3) is 0 Å². The van der Waals surface area contributed by atoms with Crippen LogP contribution < -0.4 is 5.32 Å². The number of nitrogens with one attached hydrogen (secondary N) is 1. The average molecular weight is 290 g/mol. The van der Waals surface area contributed by atoms with E-state index in [1.807, 2.05) is 0 Å². The maximum absolute atomic E-state index is 6.05. The molecule has 1 heterocycles. The predicted octanol–water partition coefficient (Wildman–Crippen LogP) is 2.54. The van der Waals surface area contributed by atoms with Crippen LogP contribution >= 0.6 is 0 Å². The van der Waals surface area contributed by atoms with E-state index in [2.05, 4.69) is 56.2 Å². The smallest absolute Gasteiger partial charge is 0.0858 e. The Bertz CT molecular complexity index is 447. The van der Waals surface area contributed by atoms with E-state index in [9.17, 15) is 0 Å². The fourth-order valence-electron chi connectivity index (χ4n) is 2.98. The fourth-order valence-corrected chi connectivity index (χ4v) is 2.98. The maximum atomic E-state index is 6.05. The van der Waals surface area contributed by atoms with Crippen molar-refractivity contribution in [1.29, 1.82) is 0 Å². The summed E-state index contributed by atoms with van der Waals surface area (Å²) >= 11 is 0. The molecule has 2 unspecified atom stereocenters. The van der Waals surface area contributed by atoms with E-state index >= 15 is 0 Å². The minimum Gasteiger partial charge on any atom is -0.374 e. The summed E-state index contributed by atoms with van der Waals surface area (Å²) < 4.78 is 6.05. The third-order valence-electron chi connectivity index (χ3n) is 4.35. The highest BCUT2D eigenvalue weighted by molar-refractivity contribution is 5.31. The van der Waals surface area contributed by atoms with Crippen molar-refractivity contribution in [2.24, 2.45) is 0 Å². The van der Waals surface area contributed by atoms with Crippen LogP contribution in [0, 0.1) is 13.8 Å². The number of rotatable bonds is 6. The lowest BCUT2D eigenvalue weighted by Crippen LogP contribution is -2.52. The van der Waals surface area contributed by atoms with Gasteiger partial charge >= 0.3 is 0 Å². The Balaban J connectivity index is 2.09. The van der Waals surface area contributed by atoms with E-state index in [1.54, 1.807) is 0 Å². The highest BCUT2D eigenvalue weighted by atomic mass is 16.5. The van der Waals surface area contributed by atoms with Gasteiger partial charge in [0.25, 0.3) is 0 Å². The lowest BCUT2D eigenvalue weighted by Gasteiger charge is -2.36. The van der Waals surface area contributed by atoms with Crippen molar-refractivity contribution in [3.8, 4) is 0 Å². The molecule has 21 heavy (non-hydrogen) atoms. The third-order valence-corrected chi connectivity index (χ3v) is 4.35. The first kappa shape index (κ1) is 16.5. The first-order chi connectivity index (χ1) is 10.1. The van der Waals surface area contributed by atoms with Crippen molar-refractivity contribution in [2.75, 3.05) is 33.3 Å². The van der Waals surface area contributed by atoms with Gasteiger partial charge < -0.3 is 15.0 Å². The quantitative estimate of drug-likeness (QED) is 0.871. The van der Waals surface area contributed by atoms with Crippen LogP contribution in [0.4, 0.5) is 0 Å². The highest BCUT2D eigenvalue weighted by Crippen LogP contribution is 2.17. The molecule has 1 N–H and O–H groups in total. The van der Waals surface area contributed by atoms with Gasteiger partial charge in [-0.1, -0.05) is 30.7 Å².